The lowest BCUT2D eigenvalue weighted by molar-refractivity contribution is 0.389. The highest BCUT2D eigenvalue weighted by Crippen LogP contribution is 2.32. The first-order chi connectivity index (χ1) is 8.97. The van der Waals surface area contributed by atoms with E-state index < -0.39 is 0 Å². The van der Waals surface area contributed by atoms with Gasteiger partial charge in [-0.05, 0) is 62.8 Å². The Morgan fingerprint density at radius 2 is 2.11 bits per heavy atom. The van der Waals surface area contributed by atoms with Crippen LogP contribution in [-0.2, 0) is 6.42 Å². The molecule has 1 aliphatic rings. The first kappa shape index (κ1) is 14.7. The van der Waals surface area contributed by atoms with E-state index in [2.05, 4.69) is 30.9 Å². The number of nitrogens with zero attached hydrogens (tertiary/aromatic N) is 1. The van der Waals surface area contributed by atoms with Gasteiger partial charge in [0.15, 0.2) is 0 Å². The summed E-state index contributed by atoms with van der Waals surface area (Å²) in [6.07, 6.45) is 3.47. The summed E-state index contributed by atoms with van der Waals surface area (Å²) < 4.78 is 0. The van der Waals surface area contributed by atoms with Crippen LogP contribution in [0.15, 0.2) is 18.2 Å². The van der Waals surface area contributed by atoms with E-state index in [0.717, 1.165) is 23.9 Å². The molecule has 0 radical (unpaired) electrons. The fourth-order valence-corrected chi connectivity index (χ4v) is 3.16. The Hall–Kier alpha value is -0.730. The molecule has 1 aromatic rings. The molecule has 106 valence electrons. The van der Waals surface area contributed by atoms with Gasteiger partial charge in [0.25, 0.3) is 0 Å². The average Bonchev–Trinajstić information content (AvgIpc) is 2.32. The summed E-state index contributed by atoms with van der Waals surface area (Å²) in [7, 11) is 0. The van der Waals surface area contributed by atoms with Gasteiger partial charge in [0.05, 0.1) is 0 Å². The molecule has 1 aromatic carbocycles. The van der Waals surface area contributed by atoms with Gasteiger partial charge in [-0.25, -0.2) is 0 Å². The van der Waals surface area contributed by atoms with E-state index in [0.29, 0.717) is 6.04 Å². The predicted molar refractivity (Wildman–Crippen MR) is 84.0 cm³/mol. The zero-order chi connectivity index (χ0) is 14.0. The molecule has 2 N–H and O–H groups in total. The van der Waals surface area contributed by atoms with Crippen molar-refractivity contribution in [2.75, 3.05) is 11.4 Å². The first-order valence-corrected chi connectivity index (χ1v) is 7.65. The van der Waals surface area contributed by atoms with Crippen LogP contribution in [0.3, 0.4) is 0 Å². The number of hydrogen-bond acceptors (Lipinski definition) is 2. The number of benzene rings is 1. The van der Waals surface area contributed by atoms with E-state index in [1.807, 2.05) is 13.0 Å². The molecule has 0 saturated carbocycles. The second-order valence-corrected chi connectivity index (χ2v) is 6.57. The van der Waals surface area contributed by atoms with Crippen molar-refractivity contribution in [1.82, 2.24) is 0 Å². The molecule has 0 aromatic heterocycles. The third-order valence-corrected chi connectivity index (χ3v) is 4.25. The Bertz CT molecular complexity index is 431. The molecule has 2 nitrogen and oxygen atoms in total. The minimum absolute atomic E-state index is 0.162. The third-order valence-electron chi connectivity index (χ3n) is 4.01. The molecule has 0 bridgehead atoms. The maximum Gasteiger partial charge on any atom is 0.0410 e. The lowest BCUT2D eigenvalue weighted by atomic mass is 9.93. The van der Waals surface area contributed by atoms with Crippen LogP contribution in [0.25, 0.3) is 0 Å². The molecule has 1 fully saturated rings. The van der Waals surface area contributed by atoms with E-state index in [9.17, 15) is 0 Å². The zero-order valence-corrected chi connectivity index (χ0v) is 13.0. The van der Waals surface area contributed by atoms with Gasteiger partial charge in [-0.1, -0.05) is 18.5 Å². The minimum atomic E-state index is 0.162. The maximum absolute atomic E-state index is 6.14. The Labute approximate surface area is 121 Å². The van der Waals surface area contributed by atoms with Crippen LogP contribution in [0.2, 0.25) is 5.02 Å². The average molecular weight is 281 g/mol. The van der Waals surface area contributed by atoms with E-state index >= 15 is 0 Å². The van der Waals surface area contributed by atoms with E-state index in [-0.39, 0.29) is 6.04 Å². The quantitative estimate of drug-likeness (QED) is 0.911. The molecule has 3 atom stereocenters. The van der Waals surface area contributed by atoms with Crippen LogP contribution in [0.4, 0.5) is 5.69 Å². The molecular formula is C16H25ClN2. The van der Waals surface area contributed by atoms with Gasteiger partial charge in [0.2, 0.25) is 0 Å². The van der Waals surface area contributed by atoms with Gasteiger partial charge in [-0.3, -0.25) is 0 Å². The van der Waals surface area contributed by atoms with Crippen LogP contribution in [0.1, 0.15) is 39.2 Å². The number of anilines is 1. The summed E-state index contributed by atoms with van der Waals surface area (Å²) in [4.78, 5) is 2.53. The van der Waals surface area contributed by atoms with Crippen molar-refractivity contribution in [3.63, 3.8) is 0 Å². The Morgan fingerprint density at radius 3 is 2.79 bits per heavy atom. The highest BCUT2D eigenvalue weighted by Gasteiger charge is 2.24. The van der Waals surface area contributed by atoms with Crippen molar-refractivity contribution in [1.29, 1.82) is 0 Å². The molecule has 0 aliphatic carbocycles. The van der Waals surface area contributed by atoms with Gasteiger partial charge in [-0.2, -0.15) is 0 Å². The first-order valence-electron chi connectivity index (χ1n) is 7.28. The molecule has 0 spiro atoms. The topological polar surface area (TPSA) is 29.3 Å². The van der Waals surface area contributed by atoms with Gasteiger partial charge in [0.1, 0.15) is 0 Å². The van der Waals surface area contributed by atoms with Crippen molar-refractivity contribution >= 4 is 17.3 Å². The minimum Gasteiger partial charge on any atom is -0.368 e. The predicted octanol–water partition coefficient (Wildman–Crippen LogP) is 3.85. The summed E-state index contributed by atoms with van der Waals surface area (Å²) in [5.41, 5.74) is 8.57. The number of rotatable bonds is 3. The summed E-state index contributed by atoms with van der Waals surface area (Å²) in [5, 5.41) is 0.803. The summed E-state index contributed by atoms with van der Waals surface area (Å²) in [6.45, 7) is 7.83. The van der Waals surface area contributed by atoms with Crippen molar-refractivity contribution in [3.8, 4) is 0 Å². The highest BCUT2D eigenvalue weighted by atomic mass is 35.5. The third kappa shape index (κ3) is 3.64. The zero-order valence-electron chi connectivity index (χ0n) is 12.2. The summed E-state index contributed by atoms with van der Waals surface area (Å²) >= 11 is 6.14. The molecule has 0 amide bonds. The monoisotopic (exact) mass is 280 g/mol. The highest BCUT2D eigenvalue weighted by molar-refractivity contribution is 6.30. The van der Waals surface area contributed by atoms with Gasteiger partial charge < -0.3 is 10.6 Å². The maximum atomic E-state index is 6.14. The van der Waals surface area contributed by atoms with Crippen LogP contribution in [-0.4, -0.2) is 18.6 Å². The molecule has 1 heterocycles. The lowest BCUT2D eigenvalue weighted by Gasteiger charge is -2.40. The molecule has 19 heavy (non-hydrogen) atoms. The Morgan fingerprint density at radius 1 is 1.37 bits per heavy atom. The van der Waals surface area contributed by atoms with Gasteiger partial charge in [0, 0.05) is 29.3 Å². The fraction of sp³-hybridized carbons (Fsp3) is 0.625. The summed E-state index contributed by atoms with van der Waals surface area (Å²) in [6, 6.07) is 6.99. The van der Waals surface area contributed by atoms with E-state index in [4.69, 9.17) is 17.3 Å². The second-order valence-electron chi connectivity index (χ2n) is 6.14. The number of nitrogens with two attached hydrogens (primary N) is 1. The van der Waals surface area contributed by atoms with Crippen LogP contribution >= 0.6 is 11.6 Å². The molecule has 1 aliphatic heterocycles. The standard InChI is InChI=1S/C16H25ClN2/c1-11-4-5-13(3)19(10-11)16-7-6-15(17)9-14(16)8-12(2)18/h6-7,9,11-13H,4-5,8,10,18H2,1-3H3. The Kier molecular flexibility index (Phi) is 4.75. The number of piperidine rings is 1. The SMILES string of the molecule is CC(N)Cc1cc(Cl)ccc1N1CC(C)CCC1C. The normalized spacial score (nSPS) is 25.4. The molecule has 3 unspecified atom stereocenters. The van der Waals surface area contributed by atoms with Gasteiger partial charge >= 0.3 is 0 Å². The molecule has 2 rings (SSSR count). The van der Waals surface area contributed by atoms with Gasteiger partial charge in [-0.15, -0.1) is 0 Å². The second kappa shape index (κ2) is 6.15. The van der Waals surface area contributed by atoms with Crippen molar-refractivity contribution in [2.24, 2.45) is 11.7 Å². The van der Waals surface area contributed by atoms with E-state index in [1.165, 1.54) is 24.1 Å². The van der Waals surface area contributed by atoms with Crippen LogP contribution in [0.5, 0.6) is 0 Å². The summed E-state index contributed by atoms with van der Waals surface area (Å²) in [5.74, 6) is 0.759. The van der Waals surface area contributed by atoms with Crippen LogP contribution < -0.4 is 10.6 Å². The smallest absolute Gasteiger partial charge is 0.0410 e. The number of halogens is 1. The largest absolute Gasteiger partial charge is 0.368 e. The molecular weight excluding hydrogens is 256 g/mol. The number of hydrogen-bond donors (Lipinski definition) is 1. The van der Waals surface area contributed by atoms with Crippen LogP contribution in [0, 0.1) is 5.92 Å². The van der Waals surface area contributed by atoms with Crippen molar-refractivity contribution in [2.45, 2.75) is 52.1 Å². The van der Waals surface area contributed by atoms with Crippen molar-refractivity contribution < 1.29 is 0 Å². The molecule has 3 heteroatoms. The Balaban J connectivity index is 2.31. The van der Waals surface area contributed by atoms with E-state index in [1.54, 1.807) is 0 Å². The molecule has 1 saturated heterocycles. The van der Waals surface area contributed by atoms with Crippen molar-refractivity contribution in [3.05, 3.63) is 28.8 Å². The lowest BCUT2D eigenvalue weighted by Crippen LogP contribution is -2.41. The fourth-order valence-electron chi connectivity index (χ4n) is 2.97.